The van der Waals surface area contributed by atoms with E-state index in [1.54, 1.807) is 6.26 Å². The smallest absolute Gasteiger partial charge is 0.194 e. The number of guanidine groups is 1. The number of benzene rings is 1. The molecule has 28 heavy (non-hydrogen) atoms. The number of hydrogen-bond donors (Lipinski definition) is 1. The predicted molar refractivity (Wildman–Crippen MR) is 114 cm³/mol. The van der Waals surface area contributed by atoms with Crippen LogP contribution in [0.4, 0.5) is 5.69 Å². The molecule has 0 unspecified atom stereocenters. The summed E-state index contributed by atoms with van der Waals surface area (Å²) in [6.45, 7) is 9.67. The van der Waals surface area contributed by atoms with Crippen molar-refractivity contribution in [1.82, 2.24) is 20.3 Å². The van der Waals surface area contributed by atoms with E-state index in [0.717, 1.165) is 70.4 Å². The average Bonchev–Trinajstić information content (AvgIpc) is 3.24. The molecule has 1 aromatic heterocycles. The molecule has 152 valence electrons. The lowest BCUT2D eigenvalue weighted by molar-refractivity contribution is 0.169. The summed E-state index contributed by atoms with van der Waals surface area (Å²) in [5.41, 5.74) is 2.25. The van der Waals surface area contributed by atoms with Crippen LogP contribution in [-0.4, -0.2) is 73.8 Å². The summed E-state index contributed by atoms with van der Waals surface area (Å²) >= 11 is 0. The molecule has 0 aliphatic carbocycles. The number of nitrogens with zero attached hydrogens (tertiary/aromatic N) is 5. The number of piperazine rings is 1. The van der Waals surface area contributed by atoms with Crippen molar-refractivity contribution in [1.29, 1.82) is 0 Å². The van der Waals surface area contributed by atoms with Crippen molar-refractivity contribution in [3.05, 3.63) is 48.4 Å². The van der Waals surface area contributed by atoms with Gasteiger partial charge < -0.3 is 19.6 Å². The second-order valence-electron chi connectivity index (χ2n) is 7.10. The van der Waals surface area contributed by atoms with Crippen LogP contribution >= 0.6 is 0 Å². The molecular weight excluding hydrogens is 352 g/mol. The Morgan fingerprint density at radius 2 is 1.96 bits per heavy atom. The van der Waals surface area contributed by atoms with Gasteiger partial charge in [-0.1, -0.05) is 23.4 Å². The van der Waals surface area contributed by atoms with Gasteiger partial charge in [0, 0.05) is 71.2 Å². The van der Waals surface area contributed by atoms with Crippen molar-refractivity contribution in [2.75, 3.05) is 57.8 Å². The van der Waals surface area contributed by atoms with Gasteiger partial charge in [0.2, 0.25) is 0 Å². The van der Waals surface area contributed by atoms with Crippen LogP contribution < -0.4 is 10.2 Å². The van der Waals surface area contributed by atoms with Crippen LogP contribution in [0.25, 0.3) is 0 Å². The first kappa shape index (κ1) is 20.2. The highest BCUT2D eigenvalue weighted by atomic mass is 16.5. The van der Waals surface area contributed by atoms with Crippen LogP contribution in [0.3, 0.4) is 0 Å². The minimum Gasteiger partial charge on any atom is -0.375 e. The molecule has 0 bridgehead atoms. The zero-order valence-corrected chi connectivity index (χ0v) is 17.0. The third-order valence-electron chi connectivity index (χ3n) is 4.99. The zero-order valence-electron chi connectivity index (χ0n) is 17.0. The average molecular weight is 385 g/mol. The molecular formula is C21H32N6O. The Hall–Kier alpha value is -2.54. The number of aliphatic imine (C=N–C) groups is 1. The number of nitrogens with one attached hydrogen (secondary N) is 1. The summed E-state index contributed by atoms with van der Waals surface area (Å²) < 4.78 is 4.93. The van der Waals surface area contributed by atoms with E-state index < -0.39 is 0 Å². The fraction of sp³-hybridized carbons (Fsp3) is 0.524. The van der Waals surface area contributed by atoms with Gasteiger partial charge in [-0.2, -0.15) is 0 Å². The molecule has 1 saturated heterocycles. The third kappa shape index (κ3) is 5.99. The molecule has 1 fully saturated rings. The van der Waals surface area contributed by atoms with Gasteiger partial charge in [0.05, 0.1) is 5.69 Å². The van der Waals surface area contributed by atoms with E-state index in [1.165, 1.54) is 5.69 Å². The lowest BCUT2D eigenvalue weighted by Crippen LogP contribution is -2.52. The van der Waals surface area contributed by atoms with Gasteiger partial charge in [0.15, 0.2) is 5.96 Å². The van der Waals surface area contributed by atoms with Gasteiger partial charge in [-0.25, -0.2) is 0 Å². The fourth-order valence-corrected chi connectivity index (χ4v) is 3.40. The van der Waals surface area contributed by atoms with Gasteiger partial charge in [-0.3, -0.25) is 9.89 Å². The van der Waals surface area contributed by atoms with Crippen molar-refractivity contribution in [3.63, 3.8) is 0 Å². The number of anilines is 1. The Kier molecular flexibility index (Phi) is 7.72. The van der Waals surface area contributed by atoms with E-state index in [2.05, 4.69) is 69.5 Å². The van der Waals surface area contributed by atoms with E-state index in [-0.39, 0.29) is 0 Å². The summed E-state index contributed by atoms with van der Waals surface area (Å²) in [6.07, 6.45) is 2.67. The summed E-state index contributed by atoms with van der Waals surface area (Å²) in [5.74, 6) is 1.03. The molecule has 1 aliphatic heterocycles. The Morgan fingerprint density at radius 3 is 2.64 bits per heavy atom. The Bertz CT molecular complexity index is 695. The van der Waals surface area contributed by atoms with Crippen LogP contribution in [0, 0.1) is 0 Å². The minimum absolute atomic E-state index is 0.832. The molecule has 3 rings (SSSR count). The lowest BCUT2D eigenvalue weighted by atomic mass is 10.3. The van der Waals surface area contributed by atoms with Gasteiger partial charge in [0.25, 0.3) is 0 Å². The Morgan fingerprint density at radius 1 is 1.18 bits per heavy atom. The fourth-order valence-electron chi connectivity index (χ4n) is 3.40. The third-order valence-corrected chi connectivity index (χ3v) is 4.99. The number of hydrogen-bond acceptors (Lipinski definition) is 5. The number of para-hydroxylation sites is 1. The van der Waals surface area contributed by atoms with Crippen LogP contribution in [0.1, 0.15) is 19.0 Å². The molecule has 1 aromatic carbocycles. The van der Waals surface area contributed by atoms with Crippen LogP contribution in [0.15, 0.2) is 52.2 Å². The van der Waals surface area contributed by atoms with Crippen molar-refractivity contribution in [2.24, 2.45) is 4.99 Å². The molecule has 7 nitrogen and oxygen atoms in total. The minimum atomic E-state index is 0.832. The predicted octanol–water partition coefficient (Wildman–Crippen LogP) is 2.28. The second kappa shape index (κ2) is 10.7. The van der Waals surface area contributed by atoms with Gasteiger partial charge in [-0.05, 0) is 25.5 Å². The zero-order chi connectivity index (χ0) is 19.6. The highest BCUT2D eigenvalue weighted by Crippen LogP contribution is 2.11. The largest absolute Gasteiger partial charge is 0.375 e. The highest BCUT2D eigenvalue weighted by molar-refractivity contribution is 5.80. The van der Waals surface area contributed by atoms with E-state index in [4.69, 9.17) is 9.52 Å². The van der Waals surface area contributed by atoms with E-state index in [0.29, 0.717) is 0 Å². The summed E-state index contributed by atoms with van der Waals surface area (Å²) in [4.78, 5) is 11.9. The molecule has 0 atom stereocenters. The van der Waals surface area contributed by atoms with E-state index in [1.807, 2.05) is 6.07 Å². The number of aromatic nitrogens is 1. The van der Waals surface area contributed by atoms with Crippen molar-refractivity contribution in [3.8, 4) is 0 Å². The Labute approximate surface area is 168 Å². The summed E-state index contributed by atoms with van der Waals surface area (Å²) in [5, 5.41) is 7.46. The SMILES string of the molecule is CCNC(=NCCCN(C)c1ccccc1)N1CCN(Cc2ccon2)CC1. The molecule has 7 heteroatoms. The maximum atomic E-state index is 4.93. The van der Waals surface area contributed by atoms with Crippen LogP contribution in [-0.2, 0) is 6.54 Å². The van der Waals surface area contributed by atoms with Gasteiger partial charge in [0.1, 0.15) is 6.26 Å². The molecule has 0 amide bonds. The molecule has 1 N–H and O–H groups in total. The van der Waals surface area contributed by atoms with Crippen molar-refractivity contribution < 1.29 is 4.52 Å². The maximum absolute atomic E-state index is 4.93. The highest BCUT2D eigenvalue weighted by Gasteiger charge is 2.20. The Balaban J connectivity index is 1.43. The van der Waals surface area contributed by atoms with Gasteiger partial charge in [-0.15, -0.1) is 0 Å². The number of rotatable bonds is 8. The van der Waals surface area contributed by atoms with Crippen molar-refractivity contribution >= 4 is 11.6 Å². The first-order chi connectivity index (χ1) is 13.8. The molecule has 0 saturated carbocycles. The molecule has 2 heterocycles. The first-order valence-corrected chi connectivity index (χ1v) is 10.2. The summed E-state index contributed by atoms with van der Waals surface area (Å²) in [7, 11) is 2.14. The molecule has 2 aromatic rings. The quantitative estimate of drug-likeness (QED) is 0.428. The topological polar surface area (TPSA) is 60.1 Å². The standard InChI is InChI=1S/C21H32N6O/c1-3-22-21(23-11-7-12-25(2)20-8-5-4-6-9-20)27-15-13-26(14-16-27)18-19-10-17-28-24-19/h4-6,8-10,17H,3,7,11-16,18H2,1-2H3,(H,22,23). The summed E-state index contributed by atoms with van der Waals surface area (Å²) in [6, 6.07) is 12.4. The normalized spacial score (nSPS) is 15.6. The van der Waals surface area contributed by atoms with Gasteiger partial charge >= 0.3 is 0 Å². The molecule has 0 radical (unpaired) electrons. The second-order valence-corrected chi connectivity index (χ2v) is 7.10. The lowest BCUT2D eigenvalue weighted by Gasteiger charge is -2.36. The molecule has 1 aliphatic rings. The monoisotopic (exact) mass is 384 g/mol. The maximum Gasteiger partial charge on any atom is 0.194 e. The van der Waals surface area contributed by atoms with Crippen molar-refractivity contribution in [2.45, 2.75) is 19.9 Å². The molecule has 0 spiro atoms. The first-order valence-electron chi connectivity index (χ1n) is 10.2. The van der Waals surface area contributed by atoms with E-state index in [9.17, 15) is 0 Å². The van der Waals surface area contributed by atoms with Crippen LogP contribution in [0.2, 0.25) is 0 Å². The van der Waals surface area contributed by atoms with Crippen LogP contribution in [0.5, 0.6) is 0 Å². The van der Waals surface area contributed by atoms with E-state index >= 15 is 0 Å².